The Bertz CT molecular complexity index is 407. The summed E-state index contributed by atoms with van der Waals surface area (Å²) < 4.78 is 5.09. The highest BCUT2D eigenvalue weighted by atomic mass is 16.6. The zero-order valence-electron chi connectivity index (χ0n) is 11.1. The van der Waals surface area contributed by atoms with Crippen molar-refractivity contribution in [2.45, 2.75) is 39.2 Å². The van der Waals surface area contributed by atoms with Crippen LogP contribution in [0.25, 0.3) is 0 Å². The lowest BCUT2D eigenvalue weighted by atomic mass is 10.1. The number of nitro benzene ring substituents is 1. The number of unbranched alkanes of at least 4 members (excludes halogenated alkanes) is 1. The third-order valence-corrected chi connectivity index (χ3v) is 2.79. The Kier molecular flexibility index (Phi) is 5.42. The van der Waals surface area contributed by atoms with Gasteiger partial charge in [-0.2, -0.15) is 0 Å². The second-order valence-electron chi connectivity index (χ2n) is 4.33. The number of ether oxygens (including phenoxy) is 1. The van der Waals surface area contributed by atoms with E-state index in [1.54, 1.807) is 19.2 Å². The SMILES string of the molecule is CCCCC(C)Nc1cc(OC)ccc1[N+](=O)[O-]. The van der Waals surface area contributed by atoms with Crippen molar-refractivity contribution in [2.24, 2.45) is 0 Å². The average molecular weight is 252 g/mol. The number of nitrogens with one attached hydrogen (secondary N) is 1. The number of benzene rings is 1. The van der Waals surface area contributed by atoms with Crippen molar-refractivity contribution in [1.82, 2.24) is 0 Å². The third kappa shape index (κ3) is 3.91. The fourth-order valence-electron chi connectivity index (χ4n) is 1.76. The summed E-state index contributed by atoms with van der Waals surface area (Å²) in [6, 6.07) is 4.93. The van der Waals surface area contributed by atoms with Crippen molar-refractivity contribution < 1.29 is 9.66 Å². The maximum absolute atomic E-state index is 10.9. The molecule has 0 fully saturated rings. The quantitative estimate of drug-likeness (QED) is 0.595. The molecule has 0 spiro atoms. The van der Waals surface area contributed by atoms with Crippen LogP contribution in [-0.2, 0) is 0 Å². The molecule has 1 unspecified atom stereocenters. The topological polar surface area (TPSA) is 64.4 Å². The number of hydrogen-bond acceptors (Lipinski definition) is 4. The number of nitro groups is 1. The minimum Gasteiger partial charge on any atom is -0.497 e. The molecule has 1 rings (SSSR count). The van der Waals surface area contributed by atoms with Crippen LogP contribution in [0.3, 0.4) is 0 Å². The van der Waals surface area contributed by atoms with Crippen LogP contribution < -0.4 is 10.1 Å². The molecular weight excluding hydrogens is 232 g/mol. The fourth-order valence-corrected chi connectivity index (χ4v) is 1.76. The molecule has 100 valence electrons. The predicted molar refractivity (Wildman–Crippen MR) is 72.3 cm³/mol. The highest BCUT2D eigenvalue weighted by Crippen LogP contribution is 2.29. The fraction of sp³-hybridized carbons (Fsp3) is 0.538. The van der Waals surface area contributed by atoms with E-state index in [2.05, 4.69) is 12.2 Å². The molecule has 0 bridgehead atoms. The Morgan fingerprint density at radius 1 is 1.50 bits per heavy atom. The molecule has 0 saturated heterocycles. The number of hydrogen-bond donors (Lipinski definition) is 1. The van der Waals surface area contributed by atoms with Crippen LogP contribution in [0.1, 0.15) is 33.1 Å². The molecule has 0 aliphatic carbocycles. The Morgan fingerprint density at radius 3 is 2.78 bits per heavy atom. The van der Waals surface area contributed by atoms with Gasteiger partial charge in [-0.05, 0) is 19.4 Å². The van der Waals surface area contributed by atoms with E-state index >= 15 is 0 Å². The molecule has 18 heavy (non-hydrogen) atoms. The molecule has 1 aromatic rings. The van der Waals surface area contributed by atoms with E-state index in [4.69, 9.17) is 4.74 Å². The molecule has 5 heteroatoms. The zero-order valence-corrected chi connectivity index (χ0v) is 11.1. The summed E-state index contributed by atoms with van der Waals surface area (Å²) in [7, 11) is 1.55. The summed E-state index contributed by atoms with van der Waals surface area (Å²) in [6.07, 6.45) is 3.21. The van der Waals surface area contributed by atoms with Crippen molar-refractivity contribution in [3.8, 4) is 5.75 Å². The highest BCUT2D eigenvalue weighted by Gasteiger charge is 2.16. The largest absolute Gasteiger partial charge is 0.497 e. The summed E-state index contributed by atoms with van der Waals surface area (Å²) in [6.45, 7) is 4.15. The lowest BCUT2D eigenvalue weighted by molar-refractivity contribution is -0.384. The van der Waals surface area contributed by atoms with E-state index < -0.39 is 0 Å². The van der Waals surface area contributed by atoms with E-state index in [0.29, 0.717) is 11.4 Å². The first kappa shape index (κ1) is 14.3. The van der Waals surface area contributed by atoms with Crippen molar-refractivity contribution >= 4 is 11.4 Å². The normalized spacial score (nSPS) is 11.9. The third-order valence-electron chi connectivity index (χ3n) is 2.79. The summed E-state index contributed by atoms with van der Waals surface area (Å²) in [5, 5.41) is 14.1. The van der Waals surface area contributed by atoms with Crippen LogP contribution in [-0.4, -0.2) is 18.1 Å². The Hall–Kier alpha value is -1.78. The molecule has 0 radical (unpaired) electrons. The molecular formula is C13H20N2O3. The zero-order chi connectivity index (χ0) is 13.5. The van der Waals surface area contributed by atoms with Crippen LogP contribution in [0.5, 0.6) is 5.75 Å². The van der Waals surface area contributed by atoms with Gasteiger partial charge in [-0.1, -0.05) is 19.8 Å². The first-order chi connectivity index (χ1) is 8.58. The van der Waals surface area contributed by atoms with Gasteiger partial charge >= 0.3 is 0 Å². The molecule has 0 heterocycles. The molecule has 5 nitrogen and oxygen atoms in total. The number of nitrogens with zero attached hydrogens (tertiary/aromatic N) is 1. The summed E-state index contributed by atoms with van der Waals surface area (Å²) in [5.74, 6) is 0.616. The molecule has 0 aliphatic heterocycles. The highest BCUT2D eigenvalue weighted by molar-refractivity contribution is 5.64. The van der Waals surface area contributed by atoms with Crippen LogP contribution >= 0.6 is 0 Å². The molecule has 0 saturated carbocycles. The Balaban J connectivity index is 2.86. The van der Waals surface area contributed by atoms with Gasteiger partial charge in [-0.15, -0.1) is 0 Å². The minimum atomic E-state index is -0.381. The van der Waals surface area contributed by atoms with Crippen molar-refractivity contribution in [3.63, 3.8) is 0 Å². The van der Waals surface area contributed by atoms with Gasteiger partial charge in [0.05, 0.1) is 12.0 Å². The maximum atomic E-state index is 10.9. The van der Waals surface area contributed by atoms with Gasteiger partial charge in [0.25, 0.3) is 5.69 Å². The summed E-state index contributed by atoms with van der Waals surface area (Å²) >= 11 is 0. The number of rotatable bonds is 7. The first-order valence-electron chi connectivity index (χ1n) is 6.17. The van der Waals surface area contributed by atoms with Gasteiger partial charge in [0.2, 0.25) is 0 Å². The van der Waals surface area contributed by atoms with Crippen LogP contribution in [0.4, 0.5) is 11.4 Å². The Labute approximate surface area is 107 Å². The lowest BCUT2D eigenvalue weighted by Gasteiger charge is -2.15. The van der Waals surface area contributed by atoms with Gasteiger partial charge in [0, 0.05) is 18.2 Å². The van der Waals surface area contributed by atoms with Gasteiger partial charge in [0.1, 0.15) is 11.4 Å². The molecule has 1 aromatic carbocycles. The monoisotopic (exact) mass is 252 g/mol. The van der Waals surface area contributed by atoms with Crippen molar-refractivity contribution in [2.75, 3.05) is 12.4 Å². The van der Waals surface area contributed by atoms with E-state index in [-0.39, 0.29) is 16.7 Å². The summed E-state index contributed by atoms with van der Waals surface area (Å²) in [5.41, 5.74) is 0.599. The molecule has 0 amide bonds. The summed E-state index contributed by atoms with van der Waals surface area (Å²) in [4.78, 5) is 10.6. The van der Waals surface area contributed by atoms with Gasteiger partial charge in [-0.3, -0.25) is 10.1 Å². The maximum Gasteiger partial charge on any atom is 0.292 e. The average Bonchev–Trinajstić information content (AvgIpc) is 2.35. The van der Waals surface area contributed by atoms with E-state index in [1.165, 1.54) is 6.07 Å². The van der Waals surface area contributed by atoms with Crippen molar-refractivity contribution in [1.29, 1.82) is 0 Å². The molecule has 1 atom stereocenters. The second-order valence-corrected chi connectivity index (χ2v) is 4.33. The predicted octanol–water partition coefficient (Wildman–Crippen LogP) is 3.59. The van der Waals surface area contributed by atoms with E-state index in [1.807, 2.05) is 6.92 Å². The Morgan fingerprint density at radius 2 is 2.22 bits per heavy atom. The first-order valence-corrected chi connectivity index (χ1v) is 6.17. The van der Waals surface area contributed by atoms with Gasteiger partial charge in [0.15, 0.2) is 0 Å². The minimum absolute atomic E-state index is 0.0825. The smallest absolute Gasteiger partial charge is 0.292 e. The van der Waals surface area contributed by atoms with E-state index in [0.717, 1.165) is 19.3 Å². The van der Waals surface area contributed by atoms with Crippen LogP contribution in [0, 0.1) is 10.1 Å². The number of anilines is 1. The van der Waals surface area contributed by atoms with Gasteiger partial charge in [-0.25, -0.2) is 0 Å². The van der Waals surface area contributed by atoms with Gasteiger partial charge < -0.3 is 10.1 Å². The van der Waals surface area contributed by atoms with Crippen LogP contribution in [0.15, 0.2) is 18.2 Å². The molecule has 0 aliphatic rings. The molecule has 1 N–H and O–H groups in total. The lowest BCUT2D eigenvalue weighted by Crippen LogP contribution is -2.15. The number of methoxy groups -OCH3 is 1. The van der Waals surface area contributed by atoms with Crippen LogP contribution in [0.2, 0.25) is 0 Å². The van der Waals surface area contributed by atoms with Crippen molar-refractivity contribution in [3.05, 3.63) is 28.3 Å². The molecule has 0 aromatic heterocycles. The second kappa shape index (κ2) is 6.83. The standard InChI is InChI=1S/C13H20N2O3/c1-4-5-6-10(2)14-12-9-11(18-3)7-8-13(12)15(16)17/h7-10,14H,4-6H2,1-3H3. The van der Waals surface area contributed by atoms with E-state index in [9.17, 15) is 10.1 Å².